The summed E-state index contributed by atoms with van der Waals surface area (Å²) in [6, 6.07) is 20.4. The van der Waals surface area contributed by atoms with Crippen molar-refractivity contribution >= 4 is 22.4 Å². The van der Waals surface area contributed by atoms with Crippen molar-refractivity contribution in [3.05, 3.63) is 95.9 Å². The molecule has 4 nitrogen and oxygen atoms in total. The maximum atomic E-state index is 13.2. The van der Waals surface area contributed by atoms with Gasteiger partial charge in [-0.2, -0.15) is 0 Å². The van der Waals surface area contributed by atoms with Gasteiger partial charge in [-0.3, -0.25) is 4.79 Å². The molecule has 2 heterocycles. The van der Waals surface area contributed by atoms with Crippen LogP contribution in [0.1, 0.15) is 30.9 Å². The quantitative estimate of drug-likeness (QED) is 0.418. The van der Waals surface area contributed by atoms with E-state index in [2.05, 4.69) is 46.7 Å². The monoisotopic (exact) mass is 402 g/mol. The third-order valence-electron chi connectivity index (χ3n) is 5.19. The lowest BCUT2D eigenvalue weighted by Crippen LogP contribution is -2.37. The van der Waals surface area contributed by atoms with Gasteiger partial charge in [-0.05, 0) is 22.8 Å². The number of hydrogen-bond acceptors (Lipinski definition) is 4. The molecular weight excluding hydrogens is 380 g/mol. The number of aromatic nitrogens is 1. The number of rotatable bonds is 6. The summed E-state index contributed by atoms with van der Waals surface area (Å²) in [6.45, 7) is 3.97. The van der Waals surface area contributed by atoms with Gasteiger partial charge in [0.2, 0.25) is 5.91 Å². The van der Waals surface area contributed by atoms with Crippen molar-refractivity contribution in [2.45, 2.75) is 19.8 Å². The lowest BCUT2D eigenvalue weighted by molar-refractivity contribution is -0.124. The van der Waals surface area contributed by atoms with Gasteiger partial charge >= 0.3 is 0 Å². The van der Waals surface area contributed by atoms with E-state index in [4.69, 9.17) is 4.42 Å². The summed E-state index contributed by atoms with van der Waals surface area (Å²) in [5, 5.41) is 5.44. The minimum absolute atomic E-state index is 0.0554. The van der Waals surface area contributed by atoms with Gasteiger partial charge in [0.25, 0.3) is 0 Å². The number of benzene rings is 2. The normalized spacial score (nSPS) is 12.5. The Morgan fingerprint density at radius 3 is 2.34 bits per heavy atom. The number of thiazole rings is 1. The van der Waals surface area contributed by atoms with Crippen molar-refractivity contribution in [2.24, 2.45) is 5.41 Å². The Hall–Kier alpha value is -3.18. The molecule has 0 saturated carbocycles. The summed E-state index contributed by atoms with van der Waals surface area (Å²) in [6.07, 6.45) is 5.09. The Bertz CT molecular complexity index is 1050. The Labute approximate surface area is 174 Å². The van der Waals surface area contributed by atoms with E-state index in [0.29, 0.717) is 5.13 Å². The van der Waals surface area contributed by atoms with Crippen LogP contribution in [0.2, 0.25) is 0 Å². The third kappa shape index (κ3) is 4.00. The topological polar surface area (TPSA) is 55.1 Å². The summed E-state index contributed by atoms with van der Waals surface area (Å²) < 4.78 is 5.19. The van der Waals surface area contributed by atoms with Crippen LogP contribution in [0.4, 0.5) is 5.13 Å². The summed E-state index contributed by atoms with van der Waals surface area (Å²) in [7, 11) is 0. The average Bonchev–Trinajstić information content (AvgIpc) is 3.44. The number of nitrogens with zero attached hydrogens (tertiary/aromatic N) is 1. The van der Waals surface area contributed by atoms with Gasteiger partial charge in [0.15, 0.2) is 5.13 Å². The summed E-state index contributed by atoms with van der Waals surface area (Å²) in [5.41, 5.74) is 3.61. The van der Waals surface area contributed by atoms with Crippen LogP contribution in [0.25, 0.3) is 11.1 Å². The second kappa shape index (κ2) is 8.05. The van der Waals surface area contributed by atoms with Crippen LogP contribution in [-0.2, 0) is 4.79 Å². The first-order chi connectivity index (χ1) is 14.1. The fourth-order valence-electron chi connectivity index (χ4n) is 3.64. The Kier molecular flexibility index (Phi) is 5.32. The molecule has 4 aromatic rings. The van der Waals surface area contributed by atoms with E-state index in [1.54, 1.807) is 18.7 Å². The van der Waals surface area contributed by atoms with Gasteiger partial charge in [-0.1, -0.05) is 68.4 Å². The molecule has 0 aliphatic rings. The molecule has 0 fully saturated rings. The Morgan fingerprint density at radius 1 is 1.00 bits per heavy atom. The smallest absolute Gasteiger partial charge is 0.232 e. The molecule has 1 atom stereocenters. The number of nitrogens with one attached hydrogen (secondary N) is 1. The predicted molar refractivity (Wildman–Crippen MR) is 117 cm³/mol. The van der Waals surface area contributed by atoms with E-state index >= 15 is 0 Å². The molecule has 2 aromatic carbocycles. The molecule has 29 heavy (non-hydrogen) atoms. The molecule has 2 aromatic heterocycles. The van der Waals surface area contributed by atoms with Crippen LogP contribution in [0.3, 0.4) is 0 Å². The molecule has 0 saturated heterocycles. The minimum atomic E-state index is -0.690. The molecule has 0 bridgehead atoms. The highest BCUT2D eigenvalue weighted by Crippen LogP contribution is 2.42. The van der Waals surface area contributed by atoms with E-state index in [1.807, 2.05) is 43.5 Å². The zero-order valence-corrected chi connectivity index (χ0v) is 17.1. The fraction of sp³-hybridized carbons (Fsp3) is 0.167. The predicted octanol–water partition coefficient (Wildman–Crippen LogP) is 6.20. The number of furan rings is 1. The van der Waals surface area contributed by atoms with Crippen LogP contribution in [0.5, 0.6) is 0 Å². The Balaban J connectivity index is 1.71. The van der Waals surface area contributed by atoms with Crippen LogP contribution < -0.4 is 5.32 Å². The zero-order chi connectivity index (χ0) is 20.3. The van der Waals surface area contributed by atoms with E-state index in [1.165, 1.54) is 11.3 Å². The maximum absolute atomic E-state index is 13.2. The largest absolute Gasteiger partial charge is 0.472 e. The van der Waals surface area contributed by atoms with Crippen molar-refractivity contribution in [2.75, 3.05) is 5.32 Å². The molecule has 1 N–H and O–H groups in total. The highest BCUT2D eigenvalue weighted by molar-refractivity contribution is 7.13. The molecular formula is C24H22N2O2S. The first-order valence-corrected chi connectivity index (χ1v) is 10.3. The lowest BCUT2D eigenvalue weighted by atomic mass is 9.70. The molecule has 5 heteroatoms. The first kappa shape index (κ1) is 19.2. The first-order valence-electron chi connectivity index (χ1n) is 9.44. The van der Waals surface area contributed by atoms with Gasteiger partial charge in [-0.15, -0.1) is 11.3 Å². The highest BCUT2D eigenvalue weighted by Gasteiger charge is 2.39. The fourth-order valence-corrected chi connectivity index (χ4v) is 4.17. The maximum Gasteiger partial charge on any atom is 0.232 e. The van der Waals surface area contributed by atoms with Crippen LogP contribution >= 0.6 is 11.3 Å². The van der Waals surface area contributed by atoms with Crippen molar-refractivity contribution in [3.8, 4) is 11.1 Å². The third-order valence-corrected chi connectivity index (χ3v) is 5.88. The second-order valence-corrected chi connectivity index (χ2v) is 8.39. The number of amides is 1. The molecule has 0 spiro atoms. The molecule has 0 aliphatic carbocycles. The van der Waals surface area contributed by atoms with Crippen LogP contribution in [0.15, 0.2) is 89.2 Å². The molecule has 4 rings (SSSR count). The van der Waals surface area contributed by atoms with Gasteiger partial charge in [0.1, 0.15) is 0 Å². The minimum Gasteiger partial charge on any atom is -0.472 e. The zero-order valence-electron chi connectivity index (χ0n) is 16.3. The number of hydrogen-bond donors (Lipinski definition) is 1. The van der Waals surface area contributed by atoms with Crippen molar-refractivity contribution < 1.29 is 9.21 Å². The summed E-state index contributed by atoms with van der Waals surface area (Å²) >= 11 is 1.42. The number of carbonyl (C=O) groups is 1. The molecule has 0 radical (unpaired) electrons. The Morgan fingerprint density at radius 2 is 1.72 bits per heavy atom. The second-order valence-electron chi connectivity index (χ2n) is 7.49. The molecule has 1 unspecified atom stereocenters. The van der Waals surface area contributed by atoms with Gasteiger partial charge < -0.3 is 9.73 Å². The van der Waals surface area contributed by atoms with E-state index in [0.717, 1.165) is 22.3 Å². The van der Waals surface area contributed by atoms with Crippen molar-refractivity contribution in [1.82, 2.24) is 4.98 Å². The molecule has 146 valence electrons. The van der Waals surface area contributed by atoms with E-state index < -0.39 is 5.41 Å². The molecule has 0 aliphatic heterocycles. The summed E-state index contributed by atoms with van der Waals surface area (Å²) in [4.78, 5) is 17.4. The standard InChI is InChI=1S/C24H22N2O2S/c1-24(2,22(27)26-23-25-13-15-29-23)21(18-6-4-3-5-7-18)19-10-8-17(9-11-19)20-12-14-28-16-20/h3-16,21H,1-2H3,(H,25,26,27). The van der Waals surface area contributed by atoms with Gasteiger partial charge in [0.05, 0.1) is 17.9 Å². The van der Waals surface area contributed by atoms with E-state index in [9.17, 15) is 4.79 Å². The van der Waals surface area contributed by atoms with Crippen LogP contribution in [-0.4, -0.2) is 10.9 Å². The highest BCUT2D eigenvalue weighted by atomic mass is 32.1. The number of anilines is 1. The summed E-state index contributed by atoms with van der Waals surface area (Å²) in [5.74, 6) is -0.165. The van der Waals surface area contributed by atoms with Gasteiger partial charge in [-0.25, -0.2) is 4.98 Å². The SMILES string of the molecule is CC(C)(C(=O)Nc1nccs1)C(c1ccccc1)c1ccc(-c2ccoc2)cc1. The number of carbonyl (C=O) groups excluding carboxylic acids is 1. The van der Waals surface area contributed by atoms with E-state index in [-0.39, 0.29) is 11.8 Å². The van der Waals surface area contributed by atoms with Crippen molar-refractivity contribution in [3.63, 3.8) is 0 Å². The van der Waals surface area contributed by atoms with Gasteiger partial charge in [0, 0.05) is 23.1 Å². The lowest BCUT2D eigenvalue weighted by Gasteiger charge is -2.34. The van der Waals surface area contributed by atoms with Crippen LogP contribution in [0, 0.1) is 5.41 Å². The van der Waals surface area contributed by atoms with Crippen molar-refractivity contribution in [1.29, 1.82) is 0 Å². The molecule has 1 amide bonds. The average molecular weight is 403 g/mol.